The van der Waals surface area contributed by atoms with Crippen molar-refractivity contribution >= 4 is 17.5 Å². The van der Waals surface area contributed by atoms with Crippen molar-refractivity contribution in [1.29, 1.82) is 5.26 Å². The normalized spacial score (nSPS) is 20.3. The first-order valence-electron chi connectivity index (χ1n) is 10.2. The van der Waals surface area contributed by atoms with Crippen LogP contribution in [-0.2, 0) is 15.8 Å². The molecule has 0 radical (unpaired) electrons. The molecule has 1 saturated heterocycles. The molecule has 2 N–H and O–H groups in total. The molecule has 1 aliphatic carbocycles. The Morgan fingerprint density at radius 1 is 1.20 bits per heavy atom. The van der Waals surface area contributed by atoms with Gasteiger partial charge in [-0.2, -0.15) is 18.4 Å². The van der Waals surface area contributed by atoms with Crippen molar-refractivity contribution in [2.24, 2.45) is 11.7 Å². The smallest absolute Gasteiger partial charge is 0.368 e. The summed E-state index contributed by atoms with van der Waals surface area (Å²) in [6.45, 7) is 0.508. The zero-order chi connectivity index (χ0) is 21.9. The summed E-state index contributed by atoms with van der Waals surface area (Å²) >= 11 is 0. The monoisotopic (exact) mass is 422 g/mol. The molecule has 0 spiro atoms. The quantitative estimate of drug-likeness (QED) is 0.790. The van der Waals surface area contributed by atoms with Gasteiger partial charge in [0.25, 0.3) is 0 Å². The molecule has 1 atom stereocenters. The van der Waals surface area contributed by atoms with Gasteiger partial charge in [0.05, 0.1) is 17.2 Å². The van der Waals surface area contributed by atoms with Crippen LogP contribution in [-0.4, -0.2) is 42.4 Å². The van der Waals surface area contributed by atoms with Gasteiger partial charge in [0, 0.05) is 31.7 Å². The topological polar surface area (TPSA) is 90.4 Å². The van der Waals surface area contributed by atoms with Gasteiger partial charge >= 0.3 is 6.18 Å². The molecule has 6 nitrogen and oxygen atoms in total. The molecule has 2 aliphatic rings. The second kappa shape index (κ2) is 8.94. The number of nitrogens with two attached hydrogens (primary N) is 1. The minimum Gasteiger partial charge on any atom is -0.368 e. The van der Waals surface area contributed by atoms with Gasteiger partial charge in [0.1, 0.15) is 6.04 Å². The summed E-state index contributed by atoms with van der Waals surface area (Å²) in [5.41, 5.74) is 4.28. The van der Waals surface area contributed by atoms with Crippen molar-refractivity contribution < 1.29 is 22.8 Å². The molecule has 2 fully saturated rings. The van der Waals surface area contributed by atoms with E-state index >= 15 is 0 Å². The fraction of sp³-hybridized carbons (Fsp3) is 0.571. The van der Waals surface area contributed by atoms with Gasteiger partial charge in [0.15, 0.2) is 0 Å². The van der Waals surface area contributed by atoms with Crippen LogP contribution in [0, 0.1) is 17.2 Å². The lowest BCUT2D eigenvalue weighted by molar-refractivity contribution is -0.140. The maximum atomic E-state index is 13.3. The van der Waals surface area contributed by atoms with E-state index in [4.69, 9.17) is 11.0 Å². The number of primary amides is 1. The summed E-state index contributed by atoms with van der Waals surface area (Å²) in [6, 6.07) is 4.10. The Hall–Kier alpha value is -2.76. The molecule has 0 bridgehead atoms. The summed E-state index contributed by atoms with van der Waals surface area (Å²) in [4.78, 5) is 27.8. The van der Waals surface area contributed by atoms with E-state index < -0.39 is 29.3 Å². The first-order chi connectivity index (χ1) is 14.2. The van der Waals surface area contributed by atoms with Crippen molar-refractivity contribution in [3.05, 3.63) is 29.3 Å². The molecule has 1 saturated carbocycles. The van der Waals surface area contributed by atoms with Crippen molar-refractivity contribution in [3.63, 3.8) is 0 Å². The molecule has 3 rings (SSSR count). The maximum Gasteiger partial charge on any atom is 0.417 e. The van der Waals surface area contributed by atoms with Crippen LogP contribution in [0.5, 0.6) is 0 Å². The number of benzene rings is 1. The number of alkyl halides is 3. The summed E-state index contributed by atoms with van der Waals surface area (Å²) in [5, 5.41) is 8.95. The fourth-order valence-corrected chi connectivity index (χ4v) is 4.39. The minimum atomic E-state index is -4.66. The van der Waals surface area contributed by atoms with Crippen LogP contribution in [0.4, 0.5) is 18.9 Å². The van der Waals surface area contributed by atoms with Gasteiger partial charge in [-0.25, -0.2) is 0 Å². The molecule has 9 heteroatoms. The Bertz CT molecular complexity index is 844. The van der Waals surface area contributed by atoms with Crippen LogP contribution in [0.2, 0.25) is 0 Å². The predicted octanol–water partition coefficient (Wildman–Crippen LogP) is 3.05. The highest BCUT2D eigenvalue weighted by Crippen LogP contribution is 2.35. The number of hydrogen-bond acceptors (Lipinski definition) is 4. The van der Waals surface area contributed by atoms with Gasteiger partial charge in [-0.15, -0.1) is 0 Å². The average molecular weight is 422 g/mol. The third-order valence-corrected chi connectivity index (χ3v) is 6.06. The number of anilines is 1. The molecule has 2 amide bonds. The van der Waals surface area contributed by atoms with E-state index in [0.29, 0.717) is 12.3 Å². The number of carbonyl (C=O) groups excluding carboxylic acids is 2. The van der Waals surface area contributed by atoms with Crippen LogP contribution < -0.4 is 10.6 Å². The molecule has 1 aromatic carbocycles. The molecular formula is C21H25F3N4O2. The summed E-state index contributed by atoms with van der Waals surface area (Å²) in [6.07, 6.45) is 1.10. The Morgan fingerprint density at radius 2 is 1.90 bits per heavy atom. The lowest BCUT2D eigenvalue weighted by atomic mass is 10.0. The SMILES string of the molecule is N#Cc1ccc(N2CCN(C(=O)CCC3CCCC3)C(C(N)=O)C2)cc1C(F)(F)F. The van der Waals surface area contributed by atoms with Gasteiger partial charge < -0.3 is 15.5 Å². The third kappa shape index (κ3) is 4.86. The Kier molecular flexibility index (Phi) is 6.54. The zero-order valence-corrected chi connectivity index (χ0v) is 16.6. The van der Waals surface area contributed by atoms with Gasteiger partial charge in [-0.1, -0.05) is 25.7 Å². The van der Waals surface area contributed by atoms with Gasteiger partial charge in [0.2, 0.25) is 11.8 Å². The summed E-state index contributed by atoms with van der Waals surface area (Å²) in [5.74, 6) is -0.276. The van der Waals surface area contributed by atoms with E-state index in [2.05, 4.69) is 0 Å². The molecule has 1 heterocycles. The number of carbonyl (C=O) groups is 2. The third-order valence-electron chi connectivity index (χ3n) is 6.06. The Balaban J connectivity index is 1.73. The largest absolute Gasteiger partial charge is 0.417 e. The van der Waals surface area contributed by atoms with Crippen molar-refractivity contribution in [1.82, 2.24) is 4.90 Å². The zero-order valence-electron chi connectivity index (χ0n) is 16.6. The first-order valence-corrected chi connectivity index (χ1v) is 10.2. The van der Waals surface area contributed by atoms with Crippen LogP contribution in [0.3, 0.4) is 0 Å². The molecule has 1 unspecified atom stereocenters. The van der Waals surface area contributed by atoms with E-state index in [1.165, 1.54) is 23.8 Å². The van der Waals surface area contributed by atoms with Gasteiger partial charge in [-0.05, 0) is 30.5 Å². The average Bonchev–Trinajstić information content (AvgIpc) is 3.24. The lowest BCUT2D eigenvalue weighted by Gasteiger charge is -2.41. The molecular weight excluding hydrogens is 397 g/mol. The molecule has 30 heavy (non-hydrogen) atoms. The maximum absolute atomic E-state index is 13.3. The Labute approximate surface area is 173 Å². The van der Waals surface area contributed by atoms with E-state index in [-0.39, 0.29) is 31.2 Å². The number of hydrogen-bond donors (Lipinski definition) is 1. The van der Waals surface area contributed by atoms with Crippen LogP contribution in [0.25, 0.3) is 0 Å². The number of halogens is 3. The molecule has 162 valence electrons. The second-order valence-electron chi connectivity index (χ2n) is 7.98. The highest BCUT2D eigenvalue weighted by Gasteiger charge is 2.37. The number of rotatable bonds is 5. The standard InChI is InChI=1S/C21H25F3N4O2/c22-21(23,24)17-11-16(7-6-15(17)12-25)27-9-10-28(18(13-27)20(26)30)19(29)8-5-14-3-1-2-4-14/h6-7,11,14,18H,1-5,8-10,13H2,(H2,26,30). The van der Waals surface area contributed by atoms with E-state index in [9.17, 15) is 22.8 Å². The van der Waals surface area contributed by atoms with Crippen molar-refractivity contribution in [2.75, 3.05) is 24.5 Å². The van der Waals surface area contributed by atoms with Crippen LogP contribution in [0.15, 0.2) is 18.2 Å². The van der Waals surface area contributed by atoms with Crippen LogP contribution >= 0.6 is 0 Å². The van der Waals surface area contributed by atoms with Crippen LogP contribution in [0.1, 0.15) is 49.7 Å². The van der Waals surface area contributed by atoms with E-state index in [0.717, 1.165) is 31.4 Å². The number of piperazine rings is 1. The minimum absolute atomic E-state index is 0.0215. The summed E-state index contributed by atoms with van der Waals surface area (Å²) in [7, 11) is 0. The second-order valence-corrected chi connectivity index (χ2v) is 7.98. The van der Waals surface area contributed by atoms with Crippen molar-refractivity contribution in [2.45, 2.75) is 50.7 Å². The number of nitrogens with zero attached hydrogens (tertiary/aromatic N) is 3. The Morgan fingerprint density at radius 3 is 2.50 bits per heavy atom. The highest BCUT2D eigenvalue weighted by molar-refractivity contribution is 5.87. The number of amides is 2. The molecule has 1 aromatic rings. The van der Waals surface area contributed by atoms with E-state index in [1.807, 2.05) is 0 Å². The van der Waals surface area contributed by atoms with Crippen molar-refractivity contribution in [3.8, 4) is 6.07 Å². The lowest BCUT2D eigenvalue weighted by Crippen LogP contribution is -2.60. The molecule has 0 aromatic heterocycles. The summed E-state index contributed by atoms with van der Waals surface area (Å²) < 4.78 is 39.8. The fourth-order valence-electron chi connectivity index (χ4n) is 4.39. The van der Waals surface area contributed by atoms with E-state index in [1.54, 1.807) is 11.0 Å². The van der Waals surface area contributed by atoms with Gasteiger partial charge in [-0.3, -0.25) is 9.59 Å². The number of nitriles is 1. The first kappa shape index (κ1) is 21.9. The highest BCUT2D eigenvalue weighted by atomic mass is 19.4. The molecule has 1 aliphatic heterocycles. The predicted molar refractivity (Wildman–Crippen MR) is 104 cm³/mol.